The Bertz CT molecular complexity index is 304. The van der Waals surface area contributed by atoms with Gasteiger partial charge in [0.2, 0.25) is 5.91 Å². The van der Waals surface area contributed by atoms with Gasteiger partial charge in [0.1, 0.15) is 0 Å². The molecule has 2 N–H and O–H groups in total. The second-order valence-electron chi connectivity index (χ2n) is 6.38. The van der Waals surface area contributed by atoms with E-state index in [1.807, 2.05) is 0 Å². The van der Waals surface area contributed by atoms with Crippen molar-refractivity contribution in [1.29, 1.82) is 0 Å². The summed E-state index contributed by atoms with van der Waals surface area (Å²) in [7, 11) is 4.33. The van der Waals surface area contributed by atoms with Gasteiger partial charge in [-0.3, -0.25) is 4.79 Å². The average molecular weight is 355 g/mol. The minimum absolute atomic E-state index is 0. The molecule has 2 aliphatic heterocycles. The lowest BCUT2D eigenvalue weighted by Gasteiger charge is -2.35. The molecular formula is C15H32Cl2N4O. The molecule has 22 heavy (non-hydrogen) atoms. The van der Waals surface area contributed by atoms with Crippen molar-refractivity contribution in [3.05, 3.63) is 0 Å². The van der Waals surface area contributed by atoms with Crippen LogP contribution in [0.25, 0.3) is 0 Å². The second-order valence-corrected chi connectivity index (χ2v) is 6.38. The highest BCUT2D eigenvalue weighted by Gasteiger charge is 2.20. The van der Waals surface area contributed by atoms with Crippen molar-refractivity contribution < 1.29 is 4.79 Å². The smallest absolute Gasteiger partial charge is 0.221 e. The Balaban J connectivity index is 0.00000220. The molecular weight excluding hydrogens is 323 g/mol. The largest absolute Gasteiger partial charge is 0.355 e. The molecule has 1 amide bonds. The molecule has 2 aliphatic rings. The van der Waals surface area contributed by atoms with Gasteiger partial charge < -0.3 is 20.4 Å². The summed E-state index contributed by atoms with van der Waals surface area (Å²) in [6.07, 6.45) is 5.48. The van der Waals surface area contributed by atoms with E-state index in [9.17, 15) is 4.79 Å². The number of likely N-dealkylation sites (tertiary alicyclic amines) is 1. The molecule has 1 atom stereocenters. The minimum atomic E-state index is 0. The zero-order valence-electron chi connectivity index (χ0n) is 13.8. The molecule has 2 fully saturated rings. The second kappa shape index (κ2) is 11.5. The Hall–Kier alpha value is -0.0700. The molecule has 2 saturated heterocycles. The van der Waals surface area contributed by atoms with E-state index in [4.69, 9.17) is 0 Å². The standard InChI is InChI=1S/C15H30N4O.2ClH/c1-18(2)14-5-9-19(10-6-14)11-8-17-15(20)12-13-4-3-7-16-13;;/h13-14,16H,3-12H2,1-2H3,(H,17,20);2*1H. The molecule has 1 unspecified atom stereocenters. The monoisotopic (exact) mass is 354 g/mol. The van der Waals surface area contributed by atoms with Crippen LogP contribution in [0.3, 0.4) is 0 Å². The first-order chi connectivity index (χ1) is 9.65. The van der Waals surface area contributed by atoms with Crippen LogP contribution in [0.1, 0.15) is 32.1 Å². The van der Waals surface area contributed by atoms with E-state index < -0.39 is 0 Å². The number of nitrogens with one attached hydrogen (secondary N) is 2. The molecule has 0 bridgehead atoms. The zero-order chi connectivity index (χ0) is 14.4. The first-order valence-electron chi connectivity index (χ1n) is 8.04. The number of rotatable bonds is 6. The fourth-order valence-corrected chi connectivity index (χ4v) is 3.24. The maximum absolute atomic E-state index is 11.8. The fourth-order valence-electron chi connectivity index (χ4n) is 3.24. The summed E-state index contributed by atoms with van der Waals surface area (Å²) in [6.45, 7) is 5.16. The lowest BCUT2D eigenvalue weighted by atomic mass is 10.0. The Morgan fingerprint density at radius 2 is 1.91 bits per heavy atom. The highest BCUT2D eigenvalue weighted by molar-refractivity contribution is 5.85. The van der Waals surface area contributed by atoms with Gasteiger partial charge in [-0.05, 0) is 59.4 Å². The summed E-state index contributed by atoms with van der Waals surface area (Å²) in [6, 6.07) is 1.14. The van der Waals surface area contributed by atoms with Crippen LogP contribution in [-0.4, -0.2) is 74.6 Å². The van der Waals surface area contributed by atoms with Crippen molar-refractivity contribution >= 4 is 30.7 Å². The summed E-state index contributed by atoms with van der Waals surface area (Å²) >= 11 is 0. The van der Waals surface area contributed by atoms with E-state index in [1.54, 1.807) is 0 Å². The minimum Gasteiger partial charge on any atom is -0.355 e. The Morgan fingerprint density at radius 3 is 2.45 bits per heavy atom. The number of carbonyl (C=O) groups excluding carboxylic acids is 1. The Kier molecular flexibility index (Phi) is 11.4. The molecule has 0 aliphatic carbocycles. The molecule has 0 spiro atoms. The molecule has 0 aromatic heterocycles. The first-order valence-corrected chi connectivity index (χ1v) is 8.04. The molecule has 7 heteroatoms. The van der Waals surface area contributed by atoms with Crippen LogP contribution in [-0.2, 0) is 4.79 Å². The van der Waals surface area contributed by atoms with Gasteiger partial charge in [0.25, 0.3) is 0 Å². The van der Waals surface area contributed by atoms with E-state index in [2.05, 4.69) is 34.5 Å². The van der Waals surface area contributed by atoms with Crippen LogP contribution < -0.4 is 10.6 Å². The quantitative estimate of drug-likeness (QED) is 0.750. The molecule has 0 radical (unpaired) electrons. The number of hydrogen-bond donors (Lipinski definition) is 2. The normalized spacial score (nSPS) is 23.0. The van der Waals surface area contributed by atoms with E-state index in [0.717, 1.165) is 45.2 Å². The van der Waals surface area contributed by atoms with Crippen molar-refractivity contribution in [1.82, 2.24) is 20.4 Å². The van der Waals surface area contributed by atoms with E-state index in [0.29, 0.717) is 12.5 Å². The van der Waals surface area contributed by atoms with E-state index in [-0.39, 0.29) is 30.7 Å². The van der Waals surface area contributed by atoms with Crippen molar-refractivity contribution in [2.45, 2.75) is 44.2 Å². The van der Waals surface area contributed by atoms with Gasteiger partial charge in [0.15, 0.2) is 0 Å². The number of amides is 1. The molecule has 0 saturated carbocycles. The molecule has 2 rings (SSSR count). The third kappa shape index (κ3) is 7.47. The lowest BCUT2D eigenvalue weighted by molar-refractivity contribution is -0.121. The number of nitrogens with zero attached hydrogens (tertiary/aromatic N) is 2. The van der Waals surface area contributed by atoms with Crippen LogP contribution >= 0.6 is 24.8 Å². The summed E-state index contributed by atoms with van der Waals surface area (Å²) in [5, 5.41) is 6.43. The van der Waals surface area contributed by atoms with Gasteiger partial charge in [-0.15, -0.1) is 24.8 Å². The molecule has 5 nitrogen and oxygen atoms in total. The van der Waals surface area contributed by atoms with Crippen LogP contribution in [0.15, 0.2) is 0 Å². The first kappa shape index (κ1) is 21.9. The summed E-state index contributed by atoms with van der Waals surface area (Å²) in [4.78, 5) is 16.6. The third-order valence-corrected chi connectivity index (χ3v) is 4.63. The van der Waals surface area contributed by atoms with Gasteiger partial charge in [0.05, 0.1) is 0 Å². The van der Waals surface area contributed by atoms with Crippen molar-refractivity contribution in [3.8, 4) is 0 Å². The van der Waals surface area contributed by atoms with Gasteiger partial charge in [-0.2, -0.15) is 0 Å². The lowest BCUT2D eigenvalue weighted by Crippen LogP contribution is -2.44. The molecule has 2 heterocycles. The number of piperidine rings is 1. The Morgan fingerprint density at radius 1 is 1.23 bits per heavy atom. The summed E-state index contributed by atoms with van der Waals surface area (Å²) < 4.78 is 0. The van der Waals surface area contributed by atoms with Crippen molar-refractivity contribution in [2.24, 2.45) is 0 Å². The SMILES string of the molecule is CN(C)C1CCN(CCNC(=O)CC2CCCN2)CC1.Cl.Cl. The molecule has 132 valence electrons. The van der Waals surface area contributed by atoms with Crippen LogP contribution in [0.5, 0.6) is 0 Å². The van der Waals surface area contributed by atoms with Gasteiger partial charge in [-0.1, -0.05) is 0 Å². The predicted octanol–water partition coefficient (Wildman–Crippen LogP) is 1.11. The zero-order valence-corrected chi connectivity index (χ0v) is 15.5. The van der Waals surface area contributed by atoms with Crippen LogP contribution in [0.4, 0.5) is 0 Å². The molecule has 0 aromatic rings. The topological polar surface area (TPSA) is 47.6 Å². The Labute approximate surface area is 147 Å². The number of halogens is 2. The van der Waals surface area contributed by atoms with Crippen LogP contribution in [0.2, 0.25) is 0 Å². The number of carbonyl (C=O) groups is 1. The average Bonchev–Trinajstić information content (AvgIpc) is 2.92. The van der Waals surface area contributed by atoms with Crippen molar-refractivity contribution in [2.75, 3.05) is 46.8 Å². The highest BCUT2D eigenvalue weighted by atomic mass is 35.5. The fraction of sp³-hybridized carbons (Fsp3) is 0.933. The van der Waals surface area contributed by atoms with Crippen LogP contribution in [0, 0.1) is 0 Å². The van der Waals surface area contributed by atoms with Gasteiger partial charge >= 0.3 is 0 Å². The van der Waals surface area contributed by atoms with E-state index in [1.165, 1.54) is 19.3 Å². The third-order valence-electron chi connectivity index (χ3n) is 4.63. The van der Waals surface area contributed by atoms with Gasteiger partial charge in [-0.25, -0.2) is 0 Å². The van der Waals surface area contributed by atoms with Crippen molar-refractivity contribution in [3.63, 3.8) is 0 Å². The maximum Gasteiger partial charge on any atom is 0.221 e. The van der Waals surface area contributed by atoms with Gasteiger partial charge in [0, 0.05) is 31.6 Å². The summed E-state index contributed by atoms with van der Waals surface area (Å²) in [5.74, 6) is 0.201. The van der Waals surface area contributed by atoms with E-state index >= 15 is 0 Å². The molecule has 0 aromatic carbocycles. The summed E-state index contributed by atoms with van der Waals surface area (Å²) in [5.41, 5.74) is 0. The highest BCUT2D eigenvalue weighted by Crippen LogP contribution is 2.13. The predicted molar refractivity (Wildman–Crippen MR) is 96.3 cm³/mol. The maximum atomic E-state index is 11.8. The number of hydrogen-bond acceptors (Lipinski definition) is 4.